The molecule has 0 radical (unpaired) electrons. The fraction of sp³-hybridized carbons (Fsp3) is 0.529. The molecule has 0 bridgehead atoms. The molecular formula is C17H22ClN3O5S. The van der Waals surface area contributed by atoms with E-state index < -0.39 is 15.9 Å². The van der Waals surface area contributed by atoms with Crippen LogP contribution in [-0.4, -0.2) is 63.4 Å². The van der Waals surface area contributed by atoms with Gasteiger partial charge in [-0.2, -0.15) is 0 Å². The van der Waals surface area contributed by atoms with Crippen molar-refractivity contribution in [1.82, 2.24) is 14.9 Å². The van der Waals surface area contributed by atoms with Crippen molar-refractivity contribution < 1.29 is 22.7 Å². The van der Waals surface area contributed by atoms with Crippen LogP contribution in [0.2, 0.25) is 0 Å². The third-order valence-corrected chi connectivity index (χ3v) is 6.87. The average molecular weight is 416 g/mol. The molecule has 2 N–H and O–H groups in total. The van der Waals surface area contributed by atoms with Crippen molar-refractivity contribution in [2.24, 2.45) is 5.92 Å². The Bertz CT molecular complexity index is 850. The number of hydrogen-bond acceptors (Lipinski definition) is 6. The monoisotopic (exact) mass is 415 g/mol. The molecule has 27 heavy (non-hydrogen) atoms. The lowest BCUT2D eigenvalue weighted by molar-refractivity contribution is 0.0707. The van der Waals surface area contributed by atoms with E-state index in [9.17, 15) is 18.0 Å². The summed E-state index contributed by atoms with van der Waals surface area (Å²) in [4.78, 5) is 24.7. The Labute approximate surface area is 164 Å². The van der Waals surface area contributed by atoms with Crippen molar-refractivity contribution in [3.05, 3.63) is 29.3 Å². The number of rotatable bonds is 5. The van der Waals surface area contributed by atoms with Gasteiger partial charge in [0.1, 0.15) is 4.90 Å². The van der Waals surface area contributed by atoms with E-state index in [-0.39, 0.29) is 47.0 Å². The van der Waals surface area contributed by atoms with Gasteiger partial charge in [-0.05, 0) is 31.0 Å². The first-order chi connectivity index (χ1) is 12.5. The van der Waals surface area contributed by atoms with Crippen molar-refractivity contribution in [3.63, 3.8) is 0 Å². The molecule has 2 amide bonds. The summed E-state index contributed by atoms with van der Waals surface area (Å²) in [6.45, 7) is 2.88. The minimum absolute atomic E-state index is 0. The largest absolute Gasteiger partial charge is 0.376 e. The molecule has 1 aromatic carbocycles. The highest BCUT2D eigenvalue weighted by atomic mass is 35.5. The van der Waals surface area contributed by atoms with E-state index in [0.717, 1.165) is 30.2 Å². The standard InChI is InChI=1S/C17H21N3O5S.ClH/c21-16(19-9-11-7-18-8-11)12-3-4-14-15(6-12)26(23,24)20(17(14)22)10-13-2-1-5-25-13;/h3-4,6,11,13,18H,1-2,5,7-10H2,(H,19,21);1H. The highest BCUT2D eigenvalue weighted by Crippen LogP contribution is 2.32. The SMILES string of the molecule is Cl.O=C(NCC1CNC1)c1ccc2c(c1)S(=O)(=O)N(CC1CCCO1)C2=O. The van der Waals surface area contributed by atoms with Crippen LogP contribution < -0.4 is 10.6 Å². The zero-order valence-corrected chi connectivity index (χ0v) is 16.3. The minimum Gasteiger partial charge on any atom is -0.376 e. The first-order valence-corrected chi connectivity index (χ1v) is 10.2. The maximum absolute atomic E-state index is 12.8. The summed E-state index contributed by atoms with van der Waals surface area (Å²) < 4.78 is 31.9. The number of amides is 2. The molecule has 8 nitrogen and oxygen atoms in total. The van der Waals surface area contributed by atoms with Crippen LogP contribution >= 0.6 is 12.4 Å². The van der Waals surface area contributed by atoms with E-state index in [1.165, 1.54) is 18.2 Å². The highest BCUT2D eigenvalue weighted by molar-refractivity contribution is 7.90. The molecule has 0 aliphatic carbocycles. The third kappa shape index (κ3) is 3.69. The molecule has 0 spiro atoms. The second-order valence-corrected chi connectivity index (χ2v) is 8.75. The Kier molecular flexibility index (Phi) is 5.76. The molecule has 2 saturated heterocycles. The summed E-state index contributed by atoms with van der Waals surface area (Å²) in [6.07, 6.45) is 1.33. The number of fused-ring (bicyclic) bond motifs is 1. The van der Waals surface area contributed by atoms with Crippen LogP contribution in [0.25, 0.3) is 0 Å². The Morgan fingerprint density at radius 1 is 1.33 bits per heavy atom. The van der Waals surface area contributed by atoms with E-state index >= 15 is 0 Å². The minimum atomic E-state index is -3.95. The summed E-state index contributed by atoms with van der Waals surface area (Å²) >= 11 is 0. The molecule has 10 heteroatoms. The van der Waals surface area contributed by atoms with E-state index in [1.54, 1.807) is 0 Å². The van der Waals surface area contributed by atoms with Crippen LogP contribution in [0, 0.1) is 5.92 Å². The van der Waals surface area contributed by atoms with Crippen molar-refractivity contribution in [2.45, 2.75) is 23.8 Å². The molecule has 1 atom stereocenters. The molecule has 1 unspecified atom stereocenters. The molecule has 148 valence electrons. The zero-order chi connectivity index (χ0) is 18.3. The summed E-state index contributed by atoms with van der Waals surface area (Å²) in [5.74, 6) is -0.483. The molecular weight excluding hydrogens is 394 g/mol. The molecule has 3 aliphatic rings. The van der Waals surface area contributed by atoms with E-state index in [1.807, 2.05) is 0 Å². The number of hydrogen-bond donors (Lipinski definition) is 2. The van der Waals surface area contributed by atoms with E-state index in [0.29, 0.717) is 19.1 Å². The second kappa shape index (κ2) is 7.75. The lowest BCUT2D eigenvalue weighted by atomic mass is 10.0. The highest BCUT2D eigenvalue weighted by Gasteiger charge is 2.43. The summed E-state index contributed by atoms with van der Waals surface area (Å²) in [7, 11) is -3.95. The molecule has 1 aromatic rings. The van der Waals surface area contributed by atoms with Crippen LogP contribution in [0.3, 0.4) is 0 Å². The average Bonchev–Trinajstić information content (AvgIpc) is 3.15. The Balaban J connectivity index is 0.00000210. The number of nitrogens with zero attached hydrogens (tertiary/aromatic N) is 1. The number of carbonyl (C=O) groups is 2. The van der Waals surface area contributed by atoms with Crippen LogP contribution in [0.4, 0.5) is 0 Å². The van der Waals surface area contributed by atoms with Gasteiger partial charge in [-0.3, -0.25) is 9.59 Å². The van der Waals surface area contributed by atoms with Crippen molar-refractivity contribution >= 4 is 34.2 Å². The number of carbonyl (C=O) groups excluding carboxylic acids is 2. The van der Waals surface area contributed by atoms with Gasteiger partial charge < -0.3 is 15.4 Å². The normalized spacial score (nSPS) is 23.5. The molecule has 3 heterocycles. The first-order valence-electron chi connectivity index (χ1n) is 8.78. The van der Waals surface area contributed by atoms with Crippen LogP contribution in [-0.2, 0) is 14.8 Å². The molecule has 0 saturated carbocycles. The van der Waals surface area contributed by atoms with E-state index in [2.05, 4.69) is 10.6 Å². The predicted octanol–water partition coefficient (Wildman–Crippen LogP) is 0.381. The van der Waals surface area contributed by atoms with Crippen LogP contribution in [0.5, 0.6) is 0 Å². The number of sulfonamides is 1. The van der Waals surface area contributed by atoms with Crippen LogP contribution in [0.1, 0.15) is 33.6 Å². The van der Waals surface area contributed by atoms with Crippen LogP contribution in [0.15, 0.2) is 23.1 Å². The zero-order valence-electron chi connectivity index (χ0n) is 14.6. The van der Waals surface area contributed by atoms with Gasteiger partial charge in [0.25, 0.3) is 21.8 Å². The Morgan fingerprint density at radius 2 is 2.11 bits per heavy atom. The number of nitrogens with one attached hydrogen (secondary N) is 2. The lowest BCUT2D eigenvalue weighted by Crippen LogP contribution is -2.48. The smallest absolute Gasteiger partial charge is 0.269 e. The maximum Gasteiger partial charge on any atom is 0.269 e. The number of ether oxygens (including phenoxy) is 1. The van der Waals surface area contributed by atoms with Gasteiger partial charge in [0.05, 0.1) is 18.2 Å². The summed E-state index contributed by atoms with van der Waals surface area (Å²) in [5, 5.41) is 5.93. The summed E-state index contributed by atoms with van der Waals surface area (Å²) in [5.41, 5.74) is 0.356. The molecule has 3 aliphatic heterocycles. The van der Waals surface area contributed by atoms with Crippen molar-refractivity contribution in [1.29, 1.82) is 0 Å². The second-order valence-electron chi connectivity index (χ2n) is 6.92. The van der Waals surface area contributed by atoms with Gasteiger partial charge in [-0.1, -0.05) is 0 Å². The first kappa shape index (κ1) is 20.1. The quantitative estimate of drug-likeness (QED) is 0.720. The predicted molar refractivity (Wildman–Crippen MR) is 99.6 cm³/mol. The van der Waals surface area contributed by atoms with Gasteiger partial charge in [-0.25, -0.2) is 12.7 Å². The fourth-order valence-corrected chi connectivity index (χ4v) is 5.03. The lowest BCUT2D eigenvalue weighted by Gasteiger charge is -2.27. The van der Waals surface area contributed by atoms with Gasteiger partial charge in [0, 0.05) is 37.7 Å². The van der Waals surface area contributed by atoms with Gasteiger partial charge in [0.15, 0.2) is 0 Å². The third-order valence-electron chi connectivity index (χ3n) is 5.08. The van der Waals surface area contributed by atoms with Gasteiger partial charge in [-0.15, -0.1) is 12.4 Å². The van der Waals surface area contributed by atoms with E-state index in [4.69, 9.17) is 4.74 Å². The van der Waals surface area contributed by atoms with Gasteiger partial charge >= 0.3 is 0 Å². The van der Waals surface area contributed by atoms with Crippen molar-refractivity contribution in [3.8, 4) is 0 Å². The maximum atomic E-state index is 12.8. The Morgan fingerprint density at radius 3 is 2.74 bits per heavy atom. The fourth-order valence-electron chi connectivity index (χ4n) is 3.40. The Hall–Kier alpha value is -1.68. The number of halogens is 1. The molecule has 4 rings (SSSR count). The topological polar surface area (TPSA) is 105 Å². The molecule has 2 fully saturated rings. The molecule has 0 aromatic heterocycles. The summed E-state index contributed by atoms with van der Waals surface area (Å²) in [6, 6.07) is 4.22. The number of benzene rings is 1. The van der Waals surface area contributed by atoms with Crippen molar-refractivity contribution in [2.75, 3.05) is 32.8 Å². The van der Waals surface area contributed by atoms with Gasteiger partial charge in [0.2, 0.25) is 0 Å².